The Bertz CT molecular complexity index is 777. The van der Waals surface area contributed by atoms with E-state index in [1.807, 2.05) is 5.40 Å². The Kier molecular flexibility index (Phi) is 4.86. The van der Waals surface area contributed by atoms with Crippen LogP contribution in [0.4, 0.5) is 10.1 Å². The fraction of sp³-hybridized carbons (Fsp3) is 0.263. The average molecular weight is 340 g/mol. The number of nitrogens with zero attached hydrogens (tertiary/aromatic N) is 1. The molecule has 122 valence electrons. The standard InChI is InChI=1S/C19H17FN2OS/c20-17-6-2-1-5-16(17)19(11-3-4-12-19)18(23)22-14-7-9-15(10-8-14)24-13-21/h1-2,5-10H,3-4,11-12H2,(H,22,23). The Morgan fingerprint density at radius 2 is 1.79 bits per heavy atom. The van der Waals surface area contributed by atoms with Gasteiger partial charge in [-0.1, -0.05) is 31.0 Å². The number of benzene rings is 2. The van der Waals surface area contributed by atoms with Gasteiger partial charge < -0.3 is 5.32 Å². The molecule has 3 nitrogen and oxygen atoms in total. The molecule has 1 N–H and O–H groups in total. The van der Waals surface area contributed by atoms with Crippen LogP contribution in [0.1, 0.15) is 31.2 Å². The second-order valence-corrected chi connectivity index (χ2v) is 6.80. The van der Waals surface area contributed by atoms with Crippen LogP contribution in [-0.4, -0.2) is 5.91 Å². The lowest BCUT2D eigenvalue weighted by molar-refractivity contribution is -0.121. The molecule has 0 bridgehead atoms. The maximum Gasteiger partial charge on any atom is 0.235 e. The van der Waals surface area contributed by atoms with Crippen molar-refractivity contribution in [2.45, 2.75) is 36.0 Å². The maximum absolute atomic E-state index is 14.3. The number of thiocyanates is 1. The van der Waals surface area contributed by atoms with Crippen molar-refractivity contribution >= 4 is 23.4 Å². The van der Waals surface area contributed by atoms with E-state index in [-0.39, 0.29) is 11.7 Å². The lowest BCUT2D eigenvalue weighted by Gasteiger charge is -2.28. The SMILES string of the molecule is N#CSc1ccc(NC(=O)C2(c3ccccc3F)CCCC2)cc1. The highest BCUT2D eigenvalue weighted by Gasteiger charge is 2.44. The highest BCUT2D eigenvalue weighted by molar-refractivity contribution is 8.03. The van der Waals surface area contributed by atoms with E-state index in [1.165, 1.54) is 6.07 Å². The van der Waals surface area contributed by atoms with E-state index in [9.17, 15) is 9.18 Å². The van der Waals surface area contributed by atoms with Gasteiger partial charge in [0.05, 0.1) is 5.41 Å². The van der Waals surface area contributed by atoms with Crippen LogP contribution in [-0.2, 0) is 10.2 Å². The van der Waals surface area contributed by atoms with Crippen molar-refractivity contribution in [3.63, 3.8) is 0 Å². The van der Waals surface area contributed by atoms with Gasteiger partial charge in [0.15, 0.2) is 0 Å². The Morgan fingerprint density at radius 3 is 2.42 bits per heavy atom. The van der Waals surface area contributed by atoms with Gasteiger partial charge in [-0.15, -0.1) is 0 Å². The van der Waals surface area contributed by atoms with Crippen LogP contribution in [0.5, 0.6) is 0 Å². The predicted octanol–water partition coefficient (Wildman–Crippen LogP) is 4.85. The number of hydrogen-bond acceptors (Lipinski definition) is 3. The smallest absolute Gasteiger partial charge is 0.235 e. The summed E-state index contributed by atoms with van der Waals surface area (Å²) in [6.45, 7) is 0. The molecule has 1 amide bonds. The summed E-state index contributed by atoms with van der Waals surface area (Å²) in [4.78, 5) is 13.8. The van der Waals surface area contributed by atoms with Gasteiger partial charge in [0.1, 0.15) is 11.2 Å². The van der Waals surface area contributed by atoms with Crippen LogP contribution < -0.4 is 5.32 Å². The molecule has 1 aliphatic carbocycles. The Hall–Kier alpha value is -2.32. The van der Waals surface area contributed by atoms with Gasteiger partial charge in [-0.25, -0.2) is 4.39 Å². The second-order valence-electron chi connectivity index (χ2n) is 5.94. The van der Waals surface area contributed by atoms with Crippen molar-refractivity contribution in [3.05, 3.63) is 59.9 Å². The number of carbonyl (C=O) groups excluding carboxylic acids is 1. The third kappa shape index (κ3) is 3.15. The molecule has 1 fully saturated rings. The summed E-state index contributed by atoms with van der Waals surface area (Å²) in [6, 6.07) is 13.7. The van der Waals surface area contributed by atoms with Crippen LogP contribution in [0, 0.1) is 16.5 Å². The molecule has 0 atom stereocenters. The van der Waals surface area contributed by atoms with Crippen LogP contribution in [0.25, 0.3) is 0 Å². The number of anilines is 1. The van der Waals surface area contributed by atoms with Gasteiger partial charge in [0.2, 0.25) is 5.91 Å². The van der Waals surface area contributed by atoms with E-state index >= 15 is 0 Å². The van der Waals surface area contributed by atoms with Gasteiger partial charge in [-0.3, -0.25) is 4.79 Å². The molecule has 0 saturated heterocycles. The molecule has 5 heteroatoms. The minimum absolute atomic E-state index is 0.161. The molecule has 2 aromatic carbocycles. The number of hydrogen-bond donors (Lipinski definition) is 1. The molecule has 0 aliphatic heterocycles. The van der Waals surface area contributed by atoms with E-state index in [0.717, 1.165) is 29.5 Å². The van der Waals surface area contributed by atoms with E-state index in [0.29, 0.717) is 24.1 Å². The molecular formula is C19H17FN2OS. The normalized spacial score (nSPS) is 15.7. The predicted molar refractivity (Wildman–Crippen MR) is 93.1 cm³/mol. The second kappa shape index (κ2) is 7.06. The van der Waals surface area contributed by atoms with Gasteiger partial charge in [0, 0.05) is 16.1 Å². The third-order valence-corrected chi connectivity index (χ3v) is 5.16. The zero-order valence-electron chi connectivity index (χ0n) is 13.1. The molecule has 1 aliphatic rings. The first-order valence-corrected chi connectivity index (χ1v) is 8.70. The monoisotopic (exact) mass is 340 g/mol. The van der Waals surface area contributed by atoms with Crippen LogP contribution >= 0.6 is 11.8 Å². The molecule has 0 heterocycles. The minimum atomic E-state index is -0.800. The minimum Gasteiger partial charge on any atom is -0.325 e. The first-order valence-electron chi connectivity index (χ1n) is 7.88. The molecule has 0 radical (unpaired) electrons. The molecule has 0 aromatic heterocycles. The Balaban J connectivity index is 1.86. The summed E-state index contributed by atoms with van der Waals surface area (Å²) < 4.78 is 14.3. The molecule has 0 spiro atoms. The quantitative estimate of drug-likeness (QED) is 0.639. The molecule has 3 rings (SSSR count). The third-order valence-electron chi connectivity index (χ3n) is 4.56. The fourth-order valence-electron chi connectivity index (χ4n) is 3.36. The lowest BCUT2D eigenvalue weighted by atomic mass is 9.77. The largest absolute Gasteiger partial charge is 0.325 e. The van der Waals surface area contributed by atoms with Gasteiger partial charge in [-0.05, 0) is 54.9 Å². The molecule has 24 heavy (non-hydrogen) atoms. The summed E-state index contributed by atoms with van der Waals surface area (Å²) in [5.41, 5.74) is 0.340. The van der Waals surface area contributed by atoms with Crippen molar-refractivity contribution in [2.24, 2.45) is 0 Å². The van der Waals surface area contributed by atoms with Gasteiger partial charge in [0.25, 0.3) is 0 Å². The summed E-state index contributed by atoms with van der Waals surface area (Å²) in [6.07, 6.45) is 3.14. The maximum atomic E-state index is 14.3. The lowest BCUT2D eigenvalue weighted by Crippen LogP contribution is -2.38. The highest BCUT2D eigenvalue weighted by Crippen LogP contribution is 2.43. The fourth-order valence-corrected chi connectivity index (χ4v) is 3.73. The number of carbonyl (C=O) groups is 1. The van der Waals surface area contributed by atoms with E-state index in [1.54, 1.807) is 42.5 Å². The molecule has 2 aromatic rings. The van der Waals surface area contributed by atoms with Crippen molar-refractivity contribution in [3.8, 4) is 5.40 Å². The summed E-state index contributed by atoms with van der Waals surface area (Å²) in [7, 11) is 0. The Morgan fingerprint density at radius 1 is 1.12 bits per heavy atom. The Labute approximate surface area is 144 Å². The number of thioether (sulfide) groups is 1. The van der Waals surface area contributed by atoms with Crippen LogP contribution in [0.2, 0.25) is 0 Å². The number of nitrogens with one attached hydrogen (secondary N) is 1. The number of nitriles is 1. The summed E-state index contributed by atoms with van der Waals surface area (Å²) >= 11 is 1.07. The van der Waals surface area contributed by atoms with E-state index < -0.39 is 5.41 Å². The number of amides is 1. The average Bonchev–Trinajstić information content (AvgIpc) is 3.08. The zero-order chi connectivity index (χ0) is 17.0. The summed E-state index contributed by atoms with van der Waals surface area (Å²) in [5, 5.41) is 13.6. The summed E-state index contributed by atoms with van der Waals surface area (Å²) in [5.74, 6) is -0.485. The topological polar surface area (TPSA) is 52.9 Å². The van der Waals surface area contributed by atoms with Crippen molar-refractivity contribution < 1.29 is 9.18 Å². The van der Waals surface area contributed by atoms with Crippen molar-refractivity contribution in [1.29, 1.82) is 5.26 Å². The van der Waals surface area contributed by atoms with Gasteiger partial charge in [-0.2, -0.15) is 5.26 Å². The first kappa shape index (κ1) is 16.5. The zero-order valence-corrected chi connectivity index (χ0v) is 13.9. The van der Waals surface area contributed by atoms with Crippen molar-refractivity contribution in [1.82, 2.24) is 0 Å². The van der Waals surface area contributed by atoms with Crippen LogP contribution in [0.15, 0.2) is 53.4 Å². The molecule has 1 saturated carbocycles. The van der Waals surface area contributed by atoms with Gasteiger partial charge >= 0.3 is 0 Å². The van der Waals surface area contributed by atoms with E-state index in [4.69, 9.17) is 5.26 Å². The first-order chi connectivity index (χ1) is 11.7. The number of halogens is 1. The molecular weight excluding hydrogens is 323 g/mol. The van der Waals surface area contributed by atoms with Crippen LogP contribution in [0.3, 0.4) is 0 Å². The number of rotatable bonds is 4. The highest BCUT2D eigenvalue weighted by atomic mass is 32.2. The van der Waals surface area contributed by atoms with E-state index in [2.05, 4.69) is 5.32 Å². The van der Waals surface area contributed by atoms with Crippen molar-refractivity contribution in [2.75, 3.05) is 5.32 Å². The molecule has 0 unspecified atom stereocenters.